The molecule has 28 heavy (non-hydrogen) atoms. The van der Waals surface area contributed by atoms with E-state index >= 15 is 0 Å². The van der Waals surface area contributed by atoms with Crippen LogP contribution in [0.5, 0.6) is 0 Å². The van der Waals surface area contributed by atoms with E-state index in [9.17, 15) is 13.2 Å². The Hall–Kier alpha value is -3.09. The summed E-state index contributed by atoms with van der Waals surface area (Å²) in [6.45, 7) is 5.36. The topological polar surface area (TPSA) is 49.8 Å². The molecule has 0 fully saturated rings. The van der Waals surface area contributed by atoms with Gasteiger partial charge in [-0.1, -0.05) is 36.4 Å². The Bertz CT molecular complexity index is 954. The lowest BCUT2D eigenvalue weighted by Crippen LogP contribution is -2.14. The Morgan fingerprint density at radius 1 is 0.929 bits per heavy atom. The highest BCUT2D eigenvalue weighted by atomic mass is 19.4. The predicted octanol–water partition coefficient (Wildman–Crippen LogP) is 6.03. The van der Waals surface area contributed by atoms with Crippen molar-refractivity contribution in [3.63, 3.8) is 0 Å². The second-order valence-corrected chi connectivity index (χ2v) is 6.73. The smallest absolute Gasteiger partial charge is 0.352 e. The van der Waals surface area contributed by atoms with Gasteiger partial charge in [0.25, 0.3) is 0 Å². The summed E-state index contributed by atoms with van der Waals surface area (Å²) in [6.07, 6.45) is -4.41. The standard InChI is InChI=1S/C21H21F3N4/c1-13(2)25-20-27-18(15-8-5-4-6-9-15)12-19(28-20)26-17-11-7-10-16(14(17)3)21(22,23)24/h4-13H,1-3H3,(H2,25,26,27,28). The molecule has 0 atom stereocenters. The summed E-state index contributed by atoms with van der Waals surface area (Å²) in [7, 11) is 0. The molecule has 4 nitrogen and oxygen atoms in total. The Balaban J connectivity index is 2.02. The van der Waals surface area contributed by atoms with Crippen molar-refractivity contribution in [3.8, 4) is 11.3 Å². The average Bonchev–Trinajstić information content (AvgIpc) is 2.62. The van der Waals surface area contributed by atoms with E-state index in [1.807, 2.05) is 44.2 Å². The van der Waals surface area contributed by atoms with Crippen molar-refractivity contribution in [2.24, 2.45) is 0 Å². The molecule has 1 heterocycles. The van der Waals surface area contributed by atoms with Gasteiger partial charge in [-0.3, -0.25) is 0 Å². The SMILES string of the molecule is Cc1c(Nc2cc(-c3ccccc3)nc(NC(C)C)n2)cccc1C(F)(F)F. The number of anilines is 3. The summed E-state index contributed by atoms with van der Waals surface area (Å²) >= 11 is 0. The van der Waals surface area contributed by atoms with Gasteiger partial charge in [-0.05, 0) is 38.5 Å². The minimum absolute atomic E-state index is 0.106. The summed E-state index contributed by atoms with van der Waals surface area (Å²) < 4.78 is 39.6. The Labute approximate surface area is 161 Å². The molecule has 0 saturated carbocycles. The normalized spacial score (nSPS) is 11.5. The number of nitrogens with zero attached hydrogens (tertiary/aromatic N) is 2. The van der Waals surface area contributed by atoms with E-state index in [1.165, 1.54) is 13.0 Å². The zero-order valence-corrected chi connectivity index (χ0v) is 15.8. The van der Waals surface area contributed by atoms with E-state index in [-0.39, 0.29) is 11.6 Å². The lowest BCUT2D eigenvalue weighted by Gasteiger charge is -2.16. The third kappa shape index (κ3) is 4.60. The molecule has 1 aromatic heterocycles. The van der Waals surface area contributed by atoms with E-state index in [0.717, 1.165) is 11.6 Å². The first-order valence-electron chi connectivity index (χ1n) is 8.89. The number of rotatable bonds is 5. The predicted molar refractivity (Wildman–Crippen MR) is 106 cm³/mol. The zero-order chi connectivity index (χ0) is 20.3. The second-order valence-electron chi connectivity index (χ2n) is 6.73. The third-order valence-electron chi connectivity index (χ3n) is 4.12. The molecule has 0 saturated heterocycles. The Kier molecular flexibility index (Phi) is 5.53. The van der Waals surface area contributed by atoms with Crippen molar-refractivity contribution in [1.29, 1.82) is 0 Å². The van der Waals surface area contributed by atoms with Gasteiger partial charge in [-0.2, -0.15) is 18.2 Å². The number of benzene rings is 2. The maximum atomic E-state index is 13.2. The molecule has 0 radical (unpaired) electrons. The fourth-order valence-corrected chi connectivity index (χ4v) is 2.81. The van der Waals surface area contributed by atoms with Gasteiger partial charge in [-0.15, -0.1) is 0 Å². The fraction of sp³-hybridized carbons (Fsp3) is 0.238. The van der Waals surface area contributed by atoms with Gasteiger partial charge < -0.3 is 10.6 Å². The Morgan fingerprint density at radius 2 is 1.64 bits per heavy atom. The van der Waals surface area contributed by atoms with E-state index in [1.54, 1.807) is 12.1 Å². The fourth-order valence-electron chi connectivity index (χ4n) is 2.81. The molecule has 0 aliphatic carbocycles. The van der Waals surface area contributed by atoms with Gasteiger partial charge in [0, 0.05) is 23.4 Å². The van der Waals surface area contributed by atoms with Crippen molar-refractivity contribution in [3.05, 3.63) is 65.7 Å². The minimum atomic E-state index is -4.41. The van der Waals surface area contributed by atoms with Gasteiger partial charge in [-0.25, -0.2) is 4.98 Å². The van der Waals surface area contributed by atoms with Gasteiger partial charge in [0.15, 0.2) is 0 Å². The van der Waals surface area contributed by atoms with E-state index in [2.05, 4.69) is 20.6 Å². The molecule has 2 N–H and O–H groups in total. The monoisotopic (exact) mass is 386 g/mol. The van der Waals surface area contributed by atoms with Crippen molar-refractivity contribution in [2.75, 3.05) is 10.6 Å². The maximum Gasteiger partial charge on any atom is 0.416 e. The van der Waals surface area contributed by atoms with E-state index in [0.29, 0.717) is 23.1 Å². The molecule has 0 spiro atoms. The van der Waals surface area contributed by atoms with Crippen LogP contribution in [-0.2, 0) is 6.18 Å². The lowest BCUT2D eigenvalue weighted by molar-refractivity contribution is -0.138. The van der Waals surface area contributed by atoms with Crippen LogP contribution in [0.3, 0.4) is 0 Å². The molecule has 3 rings (SSSR count). The molecule has 0 amide bonds. The van der Waals surface area contributed by atoms with Gasteiger partial charge in [0.2, 0.25) is 5.95 Å². The summed E-state index contributed by atoms with van der Waals surface area (Å²) in [4.78, 5) is 8.94. The van der Waals surface area contributed by atoms with Crippen LogP contribution in [0.25, 0.3) is 11.3 Å². The number of halogens is 3. The van der Waals surface area contributed by atoms with Gasteiger partial charge in [0.05, 0.1) is 11.3 Å². The van der Waals surface area contributed by atoms with Crippen molar-refractivity contribution < 1.29 is 13.2 Å². The largest absolute Gasteiger partial charge is 0.416 e. The van der Waals surface area contributed by atoms with Gasteiger partial charge >= 0.3 is 6.18 Å². The quantitative estimate of drug-likeness (QED) is 0.562. The molecule has 0 unspecified atom stereocenters. The highest BCUT2D eigenvalue weighted by Gasteiger charge is 2.32. The average molecular weight is 386 g/mol. The first kappa shape index (κ1) is 19.7. The molecule has 0 aliphatic heterocycles. The molecule has 0 aliphatic rings. The molecule has 3 aromatic rings. The number of hydrogen-bond donors (Lipinski definition) is 2. The van der Waals surface area contributed by atoms with Crippen LogP contribution in [0, 0.1) is 6.92 Å². The van der Waals surface area contributed by atoms with Crippen LogP contribution < -0.4 is 10.6 Å². The van der Waals surface area contributed by atoms with Crippen molar-refractivity contribution >= 4 is 17.5 Å². The minimum Gasteiger partial charge on any atom is -0.352 e. The highest BCUT2D eigenvalue weighted by Crippen LogP contribution is 2.35. The van der Waals surface area contributed by atoms with E-state index < -0.39 is 11.7 Å². The third-order valence-corrected chi connectivity index (χ3v) is 4.12. The van der Waals surface area contributed by atoms with Gasteiger partial charge in [0.1, 0.15) is 5.82 Å². The Morgan fingerprint density at radius 3 is 2.29 bits per heavy atom. The van der Waals surface area contributed by atoms with Crippen molar-refractivity contribution in [2.45, 2.75) is 33.0 Å². The van der Waals surface area contributed by atoms with Crippen LogP contribution in [0.4, 0.5) is 30.6 Å². The van der Waals surface area contributed by atoms with Crippen LogP contribution in [0.15, 0.2) is 54.6 Å². The van der Waals surface area contributed by atoms with Crippen LogP contribution in [-0.4, -0.2) is 16.0 Å². The number of nitrogens with one attached hydrogen (secondary N) is 2. The highest BCUT2D eigenvalue weighted by molar-refractivity contribution is 5.69. The lowest BCUT2D eigenvalue weighted by atomic mass is 10.1. The molecule has 7 heteroatoms. The van der Waals surface area contributed by atoms with Crippen LogP contribution in [0.2, 0.25) is 0 Å². The summed E-state index contributed by atoms with van der Waals surface area (Å²) in [5.74, 6) is 0.822. The number of alkyl halides is 3. The van der Waals surface area contributed by atoms with E-state index in [4.69, 9.17) is 0 Å². The first-order chi connectivity index (χ1) is 13.2. The molecular weight excluding hydrogens is 365 g/mol. The molecular formula is C21H21F3N4. The summed E-state index contributed by atoms with van der Waals surface area (Å²) in [6, 6.07) is 15.4. The number of aromatic nitrogens is 2. The molecule has 0 bridgehead atoms. The maximum absolute atomic E-state index is 13.2. The first-order valence-corrected chi connectivity index (χ1v) is 8.89. The zero-order valence-electron chi connectivity index (χ0n) is 15.8. The van der Waals surface area contributed by atoms with Crippen LogP contribution >= 0.6 is 0 Å². The van der Waals surface area contributed by atoms with Crippen LogP contribution in [0.1, 0.15) is 25.0 Å². The van der Waals surface area contributed by atoms with Crippen molar-refractivity contribution in [1.82, 2.24) is 9.97 Å². The number of hydrogen-bond acceptors (Lipinski definition) is 4. The summed E-state index contributed by atoms with van der Waals surface area (Å²) in [5.41, 5.74) is 1.36. The summed E-state index contributed by atoms with van der Waals surface area (Å²) in [5, 5.41) is 6.17. The molecule has 146 valence electrons. The second kappa shape index (κ2) is 7.88. The molecule has 2 aromatic carbocycles.